The van der Waals surface area contributed by atoms with Gasteiger partial charge in [0.05, 0.1) is 6.10 Å². The second-order valence-corrected chi connectivity index (χ2v) is 2.54. The SMILES string of the molecule is [O]COC1CCCCC1. The van der Waals surface area contributed by atoms with Crippen LogP contribution in [0.4, 0.5) is 0 Å². The van der Waals surface area contributed by atoms with E-state index in [4.69, 9.17) is 4.74 Å². The topological polar surface area (TPSA) is 29.1 Å². The van der Waals surface area contributed by atoms with Crippen LogP contribution in [-0.4, -0.2) is 12.9 Å². The highest BCUT2D eigenvalue weighted by Gasteiger charge is 2.12. The van der Waals surface area contributed by atoms with Crippen molar-refractivity contribution in [3.63, 3.8) is 0 Å². The van der Waals surface area contributed by atoms with Crippen molar-refractivity contribution in [3.05, 3.63) is 0 Å². The molecule has 0 amide bonds. The van der Waals surface area contributed by atoms with E-state index in [2.05, 4.69) is 0 Å². The van der Waals surface area contributed by atoms with Crippen LogP contribution in [0.3, 0.4) is 0 Å². The van der Waals surface area contributed by atoms with Crippen LogP contribution in [0, 0.1) is 0 Å². The van der Waals surface area contributed by atoms with Gasteiger partial charge < -0.3 is 4.74 Å². The van der Waals surface area contributed by atoms with Crippen LogP contribution in [0.5, 0.6) is 0 Å². The third-order valence-corrected chi connectivity index (χ3v) is 1.86. The molecule has 0 aliphatic heterocycles. The van der Waals surface area contributed by atoms with Crippen molar-refractivity contribution >= 4 is 0 Å². The van der Waals surface area contributed by atoms with Crippen molar-refractivity contribution in [3.8, 4) is 0 Å². The molecule has 1 radical (unpaired) electrons. The van der Waals surface area contributed by atoms with Crippen LogP contribution in [0.2, 0.25) is 0 Å². The molecule has 1 aliphatic rings. The van der Waals surface area contributed by atoms with E-state index in [0.717, 1.165) is 12.8 Å². The third kappa shape index (κ3) is 2.33. The van der Waals surface area contributed by atoms with Crippen molar-refractivity contribution in [2.24, 2.45) is 0 Å². The Morgan fingerprint density at radius 3 is 2.44 bits per heavy atom. The molecule has 0 spiro atoms. The van der Waals surface area contributed by atoms with Crippen molar-refractivity contribution in [1.29, 1.82) is 0 Å². The lowest BCUT2D eigenvalue weighted by molar-refractivity contribution is -0.0932. The van der Waals surface area contributed by atoms with E-state index in [1.807, 2.05) is 0 Å². The van der Waals surface area contributed by atoms with E-state index >= 15 is 0 Å². The maximum absolute atomic E-state index is 9.98. The summed E-state index contributed by atoms with van der Waals surface area (Å²) in [5.74, 6) is 0. The van der Waals surface area contributed by atoms with E-state index in [0.29, 0.717) is 0 Å². The average molecular weight is 129 g/mol. The third-order valence-electron chi connectivity index (χ3n) is 1.86. The van der Waals surface area contributed by atoms with Crippen molar-refractivity contribution < 1.29 is 9.84 Å². The summed E-state index contributed by atoms with van der Waals surface area (Å²) in [6.07, 6.45) is 6.29. The summed E-state index contributed by atoms with van der Waals surface area (Å²) in [5.41, 5.74) is 0. The summed E-state index contributed by atoms with van der Waals surface area (Å²) in [5, 5.41) is 9.98. The molecular weight excluding hydrogens is 116 g/mol. The molecule has 0 unspecified atom stereocenters. The minimum atomic E-state index is -0.356. The molecule has 2 nitrogen and oxygen atoms in total. The molecule has 2 heteroatoms. The molecule has 53 valence electrons. The molecule has 0 saturated heterocycles. The van der Waals surface area contributed by atoms with E-state index in [1.165, 1.54) is 19.3 Å². The fourth-order valence-electron chi connectivity index (χ4n) is 1.33. The largest absolute Gasteiger partial charge is 0.349 e. The van der Waals surface area contributed by atoms with Gasteiger partial charge in [0.1, 0.15) is 0 Å². The highest BCUT2D eigenvalue weighted by Crippen LogP contribution is 2.19. The number of ether oxygens (including phenoxy) is 1. The molecule has 1 rings (SSSR count). The van der Waals surface area contributed by atoms with Gasteiger partial charge in [-0.25, -0.2) is 5.11 Å². The first-order chi connectivity index (χ1) is 4.43. The van der Waals surface area contributed by atoms with Gasteiger partial charge in [-0.3, -0.25) is 0 Å². The second-order valence-electron chi connectivity index (χ2n) is 2.54. The first-order valence-electron chi connectivity index (χ1n) is 3.63. The molecule has 9 heavy (non-hydrogen) atoms. The van der Waals surface area contributed by atoms with Gasteiger partial charge in [0.2, 0.25) is 0 Å². The Kier molecular flexibility index (Phi) is 3.01. The van der Waals surface area contributed by atoms with Gasteiger partial charge in [-0.05, 0) is 12.8 Å². The van der Waals surface area contributed by atoms with E-state index in [9.17, 15) is 5.11 Å². The minimum Gasteiger partial charge on any atom is -0.349 e. The molecule has 1 aliphatic carbocycles. The zero-order valence-corrected chi connectivity index (χ0v) is 5.64. The first kappa shape index (κ1) is 7.03. The van der Waals surface area contributed by atoms with Crippen molar-refractivity contribution in [2.75, 3.05) is 6.79 Å². The van der Waals surface area contributed by atoms with Crippen LogP contribution in [0.1, 0.15) is 32.1 Å². The van der Waals surface area contributed by atoms with Gasteiger partial charge in [0.15, 0.2) is 6.79 Å². The van der Waals surface area contributed by atoms with Crippen molar-refractivity contribution in [2.45, 2.75) is 38.2 Å². The predicted octanol–water partition coefficient (Wildman–Crippen LogP) is 1.72. The molecular formula is C7H13O2. The molecule has 0 aromatic rings. The van der Waals surface area contributed by atoms with Gasteiger partial charge in [-0.2, -0.15) is 0 Å². The monoisotopic (exact) mass is 129 g/mol. The molecule has 0 aromatic carbocycles. The normalized spacial score (nSPS) is 22.3. The van der Waals surface area contributed by atoms with Gasteiger partial charge in [0, 0.05) is 0 Å². The summed E-state index contributed by atoms with van der Waals surface area (Å²) < 4.78 is 4.93. The summed E-state index contributed by atoms with van der Waals surface area (Å²) in [4.78, 5) is 0. The Hall–Kier alpha value is -0.0800. The quantitative estimate of drug-likeness (QED) is 0.522. The van der Waals surface area contributed by atoms with E-state index in [-0.39, 0.29) is 12.9 Å². The smallest absolute Gasteiger partial charge is 0.181 e. The Balaban J connectivity index is 2.08. The molecule has 0 atom stereocenters. The molecule has 0 N–H and O–H groups in total. The first-order valence-corrected chi connectivity index (χ1v) is 3.63. The fraction of sp³-hybridized carbons (Fsp3) is 1.00. The van der Waals surface area contributed by atoms with Gasteiger partial charge in [-0.15, -0.1) is 0 Å². The maximum Gasteiger partial charge on any atom is 0.181 e. The lowest BCUT2D eigenvalue weighted by Crippen LogP contribution is -2.16. The van der Waals surface area contributed by atoms with Crippen LogP contribution in [0.25, 0.3) is 0 Å². The molecule has 1 fully saturated rings. The lowest BCUT2D eigenvalue weighted by Gasteiger charge is -2.19. The number of hydrogen-bond acceptors (Lipinski definition) is 1. The summed E-state index contributed by atoms with van der Waals surface area (Å²) in [6.45, 7) is -0.356. The van der Waals surface area contributed by atoms with Gasteiger partial charge in [0.25, 0.3) is 0 Å². The maximum atomic E-state index is 9.98. The van der Waals surface area contributed by atoms with Gasteiger partial charge in [-0.1, -0.05) is 19.3 Å². The Bertz CT molecular complexity index is 64.6. The Labute approximate surface area is 55.8 Å². The van der Waals surface area contributed by atoms with E-state index < -0.39 is 0 Å². The summed E-state index contributed by atoms with van der Waals surface area (Å²) >= 11 is 0. The van der Waals surface area contributed by atoms with Gasteiger partial charge >= 0.3 is 0 Å². The minimum absolute atomic E-state index is 0.288. The highest BCUT2D eigenvalue weighted by molar-refractivity contribution is 4.63. The number of rotatable bonds is 2. The van der Waals surface area contributed by atoms with Crippen LogP contribution < -0.4 is 0 Å². The summed E-state index contributed by atoms with van der Waals surface area (Å²) in [7, 11) is 0. The molecule has 0 aromatic heterocycles. The average Bonchev–Trinajstić information content (AvgIpc) is 1.91. The zero-order chi connectivity index (χ0) is 6.53. The predicted molar refractivity (Wildman–Crippen MR) is 33.5 cm³/mol. The molecule has 0 heterocycles. The molecule has 0 bridgehead atoms. The van der Waals surface area contributed by atoms with E-state index in [1.54, 1.807) is 0 Å². The second kappa shape index (κ2) is 3.85. The van der Waals surface area contributed by atoms with Crippen molar-refractivity contribution in [1.82, 2.24) is 0 Å². The zero-order valence-electron chi connectivity index (χ0n) is 5.64. The standard InChI is InChI=1S/C7H13O2/c8-6-9-7-4-2-1-3-5-7/h7H,1-6H2. The fourth-order valence-corrected chi connectivity index (χ4v) is 1.33. The number of hydrogen-bond donors (Lipinski definition) is 0. The Morgan fingerprint density at radius 1 is 1.22 bits per heavy atom. The molecule has 1 saturated carbocycles. The van der Waals surface area contributed by atoms with Crippen LogP contribution >= 0.6 is 0 Å². The Morgan fingerprint density at radius 2 is 1.89 bits per heavy atom. The highest BCUT2D eigenvalue weighted by atomic mass is 16.6. The lowest BCUT2D eigenvalue weighted by atomic mass is 9.98. The summed E-state index contributed by atoms with van der Waals surface area (Å²) in [6, 6.07) is 0. The van der Waals surface area contributed by atoms with Crippen LogP contribution in [0.15, 0.2) is 0 Å². The van der Waals surface area contributed by atoms with Crippen LogP contribution in [-0.2, 0) is 9.84 Å².